The Bertz CT molecular complexity index is 478. The molecule has 128 valence electrons. The first-order chi connectivity index (χ1) is 11.1. The highest BCUT2D eigenvalue weighted by Gasteiger charge is 2.34. The number of pyridine rings is 1. The van der Waals surface area contributed by atoms with Crippen molar-refractivity contribution >= 4 is 6.09 Å². The molecule has 1 aliphatic carbocycles. The molecule has 4 nitrogen and oxygen atoms in total. The molecule has 1 aromatic heterocycles. The van der Waals surface area contributed by atoms with Crippen molar-refractivity contribution in [1.82, 2.24) is 10.3 Å². The van der Waals surface area contributed by atoms with Gasteiger partial charge in [0, 0.05) is 24.9 Å². The minimum atomic E-state index is -0.284. The zero-order valence-electron chi connectivity index (χ0n) is 14.6. The van der Waals surface area contributed by atoms with Crippen molar-refractivity contribution in [3.05, 3.63) is 30.1 Å². The van der Waals surface area contributed by atoms with Crippen molar-refractivity contribution in [2.75, 3.05) is 6.54 Å². The van der Waals surface area contributed by atoms with Crippen LogP contribution in [0, 0.1) is 17.8 Å². The number of aromatic nitrogens is 1. The highest BCUT2D eigenvalue weighted by molar-refractivity contribution is 5.67. The van der Waals surface area contributed by atoms with Crippen molar-refractivity contribution < 1.29 is 9.53 Å². The predicted octanol–water partition coefficient (Wildman–Crippen LogP) is 4.20. The van der Waals surface area contributed by atoms with E-state index in [4.69, 9.17) is 4.74 Å². The quantitative estimate of drug-likeness (QED) is 0.855. The fraction of sp³-hybridized carbons (Fsp3) is 0.684. The van der Waals surface area contributed by atoms with Gasteiger partial charge in [-0.25, -0.2) is 4.79 Å². The number of hydrogen-bond acceptors (Lipinski definition) is 3. The second-order valence-corrected chi connectivity index (χ2v) is 6.91. The molecule has 0 bridgehead atoms. The van der Waals surface area contributed by atoms with Gasteiger partial charge in [-0.3, -0.25) is 4.98 Å². The summed E-state index contributed by atoms with van der Waals surface area (Å²) >= 11 is 0. The van der Waals surface area contributed by atoms with Crippen LogP contribution in [0.3, 0.4) is 0 Å². The number of carbonyl (C=O) groups excluding carboxylic acids is 1. The fourth-order valence-electron chi connectivity index (χ4n) is 3.46. The molecule has 0 radical (unpaired) electrons. The van der Waals surface area contributed by atoms with Crippen molar-refractivity contribution in [2.45, 2.75) is 59.0 Å². The molecule has 0 aromatic carbocycles. The second-order valence-electron chi connectivity index (χ2n) is 6.91. The van der Waals surface area contributed by atoms with Crippen LogP contribution in [0.5, 0.6) is 0 Å². The summed E-state index contributed by atoms with van der Waals surface area (Å²) in [5.41, 5.74) is 0.983. The maximum Gasteiger partial charge on any atom is 0.407 e. The standard InChI is InChI=1S/C19H30N2O2/c1-4-15(3)17-9-8-14(2)13-18(17)23-19(22)21-12-10-16-7-5-6-11-20-16/h5-7,11,14-15,17-18H,4,8-10,12-13H2,1-3H3,(H,21,22). The molecule has 0 saturated heterocycles. The molecule has 1 N–H and O–H groups in total. The molecule has 4 unspecified atom stereocenters. The first-order valence-electron chi connectivity index (χ1n) is 8.94. The van der Waals surface area contributed by atoms with Crippen LogP contribution < -0.4 is 5.32 Å². The lowest BCUT2D eigenvalue weighted by Gasteiger charge is -2.37. The monoisotopic (exact) mass is 318 g/mol. The van der Waals surface area contributed by atoms with Gasteiger partial charge in [0.1, 0.15) is 6.10 Å². The van der Waals surface area contributed by atoms with Crippen molar-refractivity contribution in [3.63, 3.8) is 0 Å². The number of nitrogens with one attached hydrogen (secondary N) is 1. The zero-order valence-corrected chi connectivity index (χ0v) is 14.6. The summed E-state index contributed by atoms with van der Waals surface area (Å²) in [5, 5.41) is 2.87. The SMILES string of the molecule is CCC(C)C1CCC(C)CC1OC(=O)NCCc1ccccn1. The summed E-state index contributed by atoms with van der Waals surface area (Å²) in [6, 6.07) is 5.82. The Balaban J connectivity index is 1.79. The third kappa shape index (κ3) is 5.52. The molecule has 2 rings (SSSR count). The molecule has 1 saturated carbocycles. The second kappa shape index (κ2) is 8.90. The van der Waals surface area contributed by atoms with Crippen LogP contribution in [0.2, 0.25) is 0 Å². The van der Waals surface area contributed by atoms with Gasteiger partial charge in [-0.2, -0.15) is 0 Å². The number of nitrogens with zero attached hydrogens (tertiary/aromatic N) is 1. The molecule has 1 aliphatic rings. The highest BCUT2D eigenvalue weighted by atomic mass is 16.6. The van der Waals surface area contributed by atoms with E-state index in [1.54, 1.807) is 6.20 Å². The third-order valence-electron chi connectivity index (χ3n) is 5.11. The molecule has 23 heavy (non-hydrogen) atoms. The van der Waals surface area contributed by atoms with Crippen LogP contribution in [0.1, 0.15) is 52.1 Å². The zero-order chi connectivity index (χ0) is 16.7. The van der Waals surface area contributed by atoms with Gasteiger partial charge in [-0.1, -0.05) is 39.7 Å². The highest BCUT2D eigenvalue weighted by Crippen LogP contribution is 2.36. The van der Waals surface area contributed by atoms with Crippen LogP contribution in [0.15, 0.2) is 24.4 Å². The lowest BCUT2D eigenvalue weighted by Crippen LogP contribution is -2.39. The van der Waals surface area contributed by atoms with Gasteiger partial charge in [0.05, 0.1) is 0 Å². The lowest BCUT2D eigenvalue weighted by molar-refractivity contribution is 0.00262. The molecule has 1 aromatic rings. The summed E-state index contributed by atoms with van der Waals surface area (Å²) in [4.78, 5) is 16.4. The van der Waals surface area contributed by atoms with Crippen LogP contribution in [-0.2, 0) is 11.2 Å². The molecule has 4 heteroatoms. The number of hydrogen-bond donors (Lipinski definition) is 1. The molecular formula is C19H30N2O2. The molecule has 1 amide bonds. The Hall–Kier alpha value is -1.58. The molecule has 1 heterocycles. The average molecular weight is 318 g/mol. The van der Waals surface area contributed by atoms with Gasteiger partial charge in [0.25, 0.3) is 0 Å². The molecule has 1 fully saturated rings. The van der Waals surface area contributed by atoms with E-state index in [0.717, 1.165) is 25.0 Å². The van der Waals surface area contributed by atoms with Gasteiger partial charge < -0.3 is 10.1 Å². The first kappa shape index (κ1) is 17.8. The fourth-order valence-corrected chi connectivity index (χ4v) is 3.46. The minimum Gasteiger partial charge on any atom is -0.446 e. The minimum absolute atomic E-state index is 0.0588. The third-order valence-corrected chi connectivity index (χ3v) is 5.11. The largest absolute Gasteiger partial charge is 0.446 e. The number of alkyl carbamates (subject to hydrolysis) is 1. The van der Waals surface area contributed by atoms with E-state index in [1.807, 2.05) is 18.2 Å². The van der Waals surface area contributed by atoms with E-state index in [1.165, 1.54) is 12.8 Å². The Morgan fingerprint density at radius 2 is 2.26 bits per heavy atom. The molecule has 0 spiro atoms. The topological polar surface area (TPSA) is 51.2 Å². The first-order valence-corrected chi connectivity index (χ1v) is 8.94. The normalized spacial score (nSPS) is 25.6. The number of ether oxygens (including phenoxy) is 1. The van der Waals surface area contributed by atoms with Gasteiger partial charge in [0.15, 0.2) is 0 Å². The summed E-state index contributed by atoms with van der Waals surface area (Å²) in [6.45, 7) is 7.30. The number of carbonyl (C=O) groups is 1. The van der Waals surface area contributed by atoms with E-state index >= 15 is 0 Å². The summed E-state index contributed by atoms with van der Waals surface area (Å²) in [5.74, 6) is 1.74. The smallest absolute Gasteiger partial charge is 0.407 e. The van der Waals surface area contributed by atoms with Gasteiger partial charge >= 0.3 is 6.09 Å². The Labute approximate surface area is 140 Å². The number of rotatable bonds is 6. The summed E-state index contributed by atoms with van der Waals surface area (Å²) in [6.07, 6.45) is 6.82. The maximum absolute atomic E-state index is 12.1. The predicted molar refractivity (Wildman–Crippen MR) is 92.2 cm³/mol. The van der Waals surface area contributed by atoms with Gasteiger partial charge in [-0.05, 0) is 42.7 Å². The van der Waals surface area contributed by atoms with Crippen LogP contribution in [-0.4, -0.2) is 23.7 Å². The Morgan fingerprint density at radius 1 is 1.43 bits per heavy atom. The molecule has 4 atom stereocenters. The van der Waals surface area contributed by atoms with Crippen LogP contribution in [0.25, 0.3) is 0 Å². The van der Waals surface area contributed by atoms with Crippen molar-refractivity contribution in [2.24, 2.45) is 17.8 Å². The molecule has 0 aliphatic heterocycles. The van der Waals surface area contributed by atoms with E-state index in [-0.39, 0.29) is 12.2 Å². The van der Waals surface area contributed by atoms with Crippen molar-refractivity contribution in [1.29, 1.82) is 0 Å². The lowest BCUT2D eigenvalue weighted by atomic mass is 9.74. The van der Waals surface area contributed by atoms with E-state index in [9.17, 15) is 4.79 Å². The van der Waals surface area contributed by atoms with Crippen molar-refractivity contribution in [3.8, 4) is 0 Å². The molecular weight excluding hydrogens is 288 g/mol. The average Bonchev–Trinajstić information content (AvgIpc) is 2.55. The van der Waals surface area contributed by atoms with E-state index < -0.39 is 0 Å². The van der Waals surface area contributed by atoms with Gasteiger partial charge in [-0.15, -0.1) is 0 Å². The van der Waals surface area contributed by atoms with Gasteiger partial charge in [0.2, 0.25) is 0 Å². The van der Waals surface area contributed by atoms with E-state index in [2.05, 4.69) is 31.1 Å². The van der Waals surface area contributed by atoms with E-state index in [0.29, 0.717) is 24.3 Å². The Morgan fingerprint density at radius 3 is 2.96 bits per heavy atom. The Kier molecular flexibility index (Phi) is 6.87. The van der Waals surface area contributed by atoms with Crippen LogP contribution in [0.4, 0.5) is 4.79 Å². The summed E-state index contributed by atoms with van der Waals surface area (Å²) in [7, 11) is 0. The maximum atomic E-state index is 12.1. The number of amides is 1. The van der Waals surface area contributed by atoms with Crippen LogP contribution >= 0.6 is 0 Å². The summed E-state index contributed by atoms with van der Waals surface area (Å²) < 4.78 is 5.76.